The topological polar surface area (TPSA) is 84.3 Å². The van der Waals surface area contributed by atoms with Gasteiger partial charge < -0.3 is 5.32 Å². The number of hydrogen-bond donors (Lipinski definition) is 1. The van der Waals surface area contributed by atoms with Crippen LogP contribution in [0.3, 0.4) is 0 Å². The molecule has 0 fully saturated rings. The monoisotopic (exact) mass is 350 g/mol. The van der Waals surface area contributed by atoms with E-state index in [0.717, 1.165) is 11.1 Å². The molecule has 1 aromatic heterocycles. The van der Waals surface area contributed by atoms with Gasteiger partial charge in [0.2, 0.25) is 15.9 Å². The summed E-state index contributed by atoms with van der Waals surface area (Å²) in [5, 5.41) is 6.73. The fraction of sp³-hybridized carbons (Fsp3) is 0.375. The summed E-state index contributed by atoms with van der Waals surface area (Å²) in [6.45, 7) is 5.57. The molecule has 7 nitrogen and oxygen atoms in total. The molecule has 0 bridgehead atoms. The van der Waals surface area contributed by atoms with Crippen molar-refractivity contribution in [3.8, 4) is 0 Å². The van der Waals surface area contributed by atoms with Gasteiger partial charge in [0.1, 0.15) is 0 Å². The Morgan fingerprint density at radius 3 is 2.62 bits per heavy atom. The minimum Gasteiger partial charge on any atom is -0.326 e. The Morgan fingerprint density at radius 1 is 1.38 bits per heavy atom. The zero-order valence-electron chi connectivity index (χ0n) is 14.3. The summed E-state index contributed by atoms with van der Waals surface area (Å²) in [5.74, 6) is -0.240. The maximum absolute atomic E-state index is 12.9. The van der Waals surface area contributed by atoms with Crippen LogP contribution >= 0.6 is 0 Å². The third kappa shape index (κ3) is 4.01. The van der Waals surface area contributed by atoms with Gasteiger partial charge in [-0.3, -0.25) is 9.48 Å². The van der Waals surface area contributed by atoms with Crippen molar-refractivity contribution in [3.05, 3.63) is 41.7 Å². The maximum Gasteiger partial charge on any atom is 0.243 e. The fourth-order valence-electron chi connectivity index (χ4n) is 2.36. The van der Waals surface area contributed by atoms with Crippen molar-refractivity contribution < 1.29 is 13.2 Å². The second-order valence-corrected chi connectivity index (χ2v) is 7.55. The van der Waals surface area contributed by atoms with E-state index in [9.17, 15) is 13.2 Å². The van der Waals surface area contributed by atoms with E-state index >= 15 is 0 Å². The van der Waals surface area contributed by atoms with Crippen molar-refractivity contribution in [3.63, 3.8) is 0 Å². The summed E-state index contributed by atoms with van der Waals surface area (Å²) < 4.78 is 28.8. The molecule has 24 heavy (non-hydrogen) atoms. The molecule has 0 aliphatic rings. The van der Waals surface area contributed by atoms with Gasteiger partial charge in [-0.25, -0.2) is 8.42 Å². The van der Waals surface area contributed by atoms with E-state index in [2.05, 4.69) is 10.4 Å². The molecule has 1 aromatic carbocycles. The highest BCUT2D eigenvalue weighted by Gasteiger charge is 2.24. The van der Waals surface area contributed by atoms with Crippen molar-refractivity contribution in [1.29, 1.82) is 0 Å². The molecule has 0 unspecified atom stereocenters. The fourth-order valence-corrected chi connectivity index (χ4v) is 3.82. The largest absolute Gasteiger partial charge is 0.326 e. The Balaban J connectivity index is 2.35. The van der Waals surface area contributed by atoms with Gasteiger partial charge >= 0.3 is 0 Å². The molecule has 0 saturated heterocycles. The van der Waals surface area contributed by atoms with Gasteiger partial charge in [-0.1, -0.05) is 13.0 Å². The summed E-state index contributed by atoms with van der Waals surface area (Å²) in [5.41, 5.74) is 2.12. The highest BCUT2D eigenvalue weighted by Crippen LogP contribution is 2.24. The van der Waals surface area contributed by atoms with Crippen LogP contribution in [0, 0.1) is 6.92 Å². The van der Waals surface area contributed by atoms with E-state index in [1.165, 1.54) is 17.3 Å². The number of carbonyl (C=O) groups excluding carboxylic acids is 1. The van der Waals surface area contributed by atoms with Crippen molar-refractivity contribution in [2.45, 2.75) is 32.2 Å². The normalized spacial score (nSPS) is 11.7. The molecular weight excluding hydrogens is 328 g/mol. The Kier molecular flexibility index (Phi) is 5.40. The lowest BCUT2D eigenvalue weighted by Crippen LogP contribution is -2.30. The van der Waals surface area contributed by atoms with Crippen LogP contribution in [-0.4, -0.2) is 35.0 Å². The number of aryl methyl sites for hydroxylation is 2. The van der Waals surface area contributed by atoms with Crippen molar-refractivity contribution in [2.24, 2.45) is 7.05 Å². The third-order valence-corrected chi connectivity index (χ3v) is 5.54. The number of nitrogens with zero attached hydrogens (tertiary/aromatic N) is 3. The first kappa shape index (κ1) is 18.2. The van der Waals surface area contributed by atoms with E-state index < -0.39 is 10.0 Å². The van der Waals surface area contributed by atoms with Crippen LogP contribution in [0.4, 0.5) is 5.69 Å². The van der Waals surface area contributed by atoms with Gasteiger partial charge in [0.15, 0.2) is 0 Å². The SMILES string of the molecule is CCN(Cc1cnn(C)c1)S(=O)(=O)c1ccc(C)c(NC(C)=O)c1. The van der Waals surface area contributed by atoms with Gasteiger partial charge in [0.25, 0.3) is 0 Å². The summed E-state index contributed by atoms with van der Waals surface area (Å²) in [6, 6.07) is 4.75. The quantitative estimate of drug-likeness (QED) is 0.862. The first-order chi connectivity index (χ1) is 11.2. The van der Waals surface area contributed by atoms with Crippen LogP contribution in [0.2, 0.25) is 0 Å². The minimum absolute atomic E-state index is 0.155. The summed E-state index contributed by atoms with van der Waals surface area (Å²) in [6.07, 6.45) is 3.44. The molecule has 1 N–H and O–H groups in total. The zero-order chi connectivity index (χ0) is 17.9. The number of rotatable bonds is 6. The molecule has 0 radical (unpaired) electrons. The zero-order valence-corrected chi connectivity index (χ0v) is 15.1. The maximum atomic E-state index is 12.9. The van der Waals surface area contributed by atoms with Crippen LogP contribution in [0.25, 0.3) is 0 Å². The van der Waals surface area contributed by atoms with Gasteiger partial charge in [0.05, 0.1) is 11.1 Å². The lowest BCUT2D eigenvalue weighted by molar-refractivity contribution is -0.114. The molecule has 0 aliphatic carbocycles. The lowest BCUT2D eigenvalue weighted by Gasteiger charge is -2.20. The van der Waals surface area contributed by atoms with Crippen LogP contribution < -0.4 is 5.32 Å². The average Bonchev–Trinajstić information content (AvgIpc) is 2.91. The average molecular weight is 350 g/mol. The number of amides is 1. The molecule has 0 aliphatic heterocycles. The van der Waals surface area contributed by atoms with Crippen LogP contribution in [0.15, 0.2) is 35.5 Å². The highest BCUT2D eigenvalue weighted by molar-refractivity contribution is 7.89. The molecule has 0 atom stereocenters. The predicted octanol–water partition coefficient (Wildman–Crippen LogP) is 1.90. The predicted molar refractivity (Wildman–Crippen MR) is 92.0 cm³/mol. The second kappa shape index (κ2) is 7.14. The van der Waals surface area contributed by atoms with Gasteiger partial charge in [-0.2, -0.15) is 9.40 Å². The van der Waals surface area contributed by atoms with Gasteiger partial charge in [0, 0.05) is 44.5 Å². The van der Waals surface area contributed by atoms with Crippen LogP contribution in [0.1, 0.15) is 25.0 Å². The second-order valence-electron chi connectivity index (χ2n) is 5.61. The number of benzene rings is 1. The standard InChI is InChI=1S/C16H22N4O3S/c1-5-20(11-14-9-17-19(4)10-14)24(22,23)15-7-6-12(2)16(8-15)18-13(3)21/h6-10H,5,11H2,1-4H3,(H,18,21). The molecular formula is C16H22N4O3S. The first-order valence-corrected chi connectivity index (χ1v) is 9.04. The number of nitrogens with one attached hydrogen (secondary N) is 1. The van der Waals surface area contributed by atoms with Gasteiger partial charge in [-0.15, -0.1) is 0 Å². The number of carbonyl (C=O) groups is 1. The minimum atomic E-state index is -3.67. The molecule has 1 heterocycles. The molecule has 2 rings (SSSR count). The Labute approximate surface area is 142 Å². The van der Waals surface area contributed by atoms with Crippen LogP contribution in [0.5, 0.6) is 0 Å². The molecule has 130 valence electrons. The van der Waals surface area contributed by atoms with E-state index in [0.29, 0.717) is 12.2 Å². The number of aromatic nitrogens is 2. The van der Waals surface area contributed by atoms with Crippen molar-refractivity contribution in [1.82, 2.24) is 14.1 Å². The Bertz CT molecular complexity index is 843. The molecule has 8 heteroatoms. The Morgan fingerprint density at radius 2 is 2.08 bits per heavy atom. The summed E-state index contributed by atoms with van der Waals surface area (Å²) >= 11 is 0. The molecule has 0 spiro atoms. The molecule has 1 amide bonds. The van der Waals surface area contributed by atoms with Crippen molar-refractivity contribution >= 4 is 21.6 Å². The van der Waals surface area contributed by atoms with Gasteiger partial charge in [-0.05, 0) is 24.6 Å². The van der Waals surface area contributed by atoms with E-state index in [1.807, 2.05) is 6.92 Å². The smallest absolute Gasteiger partial charge is 0.243 e. The number of hydrogen-bond acceptors (Lipinski definition) is 4. The van der Waals surface area contributed by atoms with Crippen LogP contribution in [-0.2, 0) is 28.4 Å². The Hall–Kier alpha value is -2.19. The molecule has 0 saturated carbocycles. The van der Waals surface area contributed by atoms with Crippen molar-refractivity contribution in [2.75, 3.05) is 11.9 Å². The third-order valence-electron chi connectivity index (χ3n) is 3.63. The highest BCUT2D eigenvalue weighted by atomic mass is 32.2. The number of sulfonamides is 1. The van der Waals surface area contributed by atoms with E-state index in [4.69, 9.17) is 0 Å². The summed E-state index contributed by atoms with van der Waals surface area (Å²) in [4.78, 5) is 11.4. The summed E-state index contributed by atoms with van der Waals surface area (Å²) in [7, 11) is -1.88. The number of anilines is 1. The lowest BCUT2D eigenvalue weighted by atomic mass is 10.2. The van der Waals surface area contributed by atoms with E-state index in [1.54, 1.807) is 43.2 Å². The first-order valence-electron chi connectivity index (χ1n) is 7.60. The molecule has 2 aromatic rings. The van der Waals surface area contributed by atoms with E-state index in [-0.39, 0.29) is 17.3 Å².